The number of fused-ring (bicyclic) bond motifs is 1. The number of aromatic amines is 1. The van der Waals surface area contributed by atoms with Crippen molar-refractivity contribution in [2.75, 3.05) is 10.6 Å². The predicted molar refractivity (Wildman–Crippen MR) is 130 cm³/mol. The summed E-state index contributed by atoms with van der Waals surface area (Å²) in [5, 5.41) is 17.4. The van der Waals surface area contributed by atoms with Gasteiger partial charge in [-0.05, 0) is 62.6 Å². The number of H-pyrrole nitrogens is 1. The van der Waals surface area contributed by atoms with Crippen molar-refractivity contribution in [1.82, 2.24) is 30.0 Å². The average Bonchev–Trinajstić information content (AvgIpc) is 3.51. The molecular formula is C24H26N8S. The lowest BCUT2D eigenvalue weighted by molar-refractivity contribution is -0.0980. The van der Waals surface area contributed by atoms with Crippen molar-refractivity contribution in [3.63, 3.8) is 0 Å². The van der Waals surface area contributed by atoms with Gasteiger partial charge in [-0.15, -0.1) is 11.3 Å². The van der Waals surface area contributed by atoms with E-state index in [-0.39, 0.29) is 5.54 Å². The minimum Gasteiger partial charge on any atom is -0.351 e. The van der Waals surface area contributed by atoms with E-state index in [9.17, 15) is 0 Å². The summed E-state index contributed by atoms with van der Waals surface area (Å²) in [6.45, 7) is 1.99. The molecule has 3 aliphatic rings. The molecule has 3 aliphatic heterocycles. The Kier molecular flexibility index (Phi) is 4.26. The summed E-state index contributed by atoms with van der Waals surface area (Å²) in [7, 11) is 0. The normalized spacial score (nSPS) is 28.5. The van der Waals surface area contributed by atoms with Crippen LogP contribution in [0.4, 0.5) is 17.6 Å². The lowest BCUT2D eigenvalue weighted by Gasteiger charge is -2.60. The highest BCUT2D eigenvalue weighted by molar-refractivity contribution is 7.16. The van der Waals surface area contributed by atoms with Gasteiger partial charge in [0, 0.05) is 36.1 Å². The maximum absolute atomic E-state index is 4.85. The van der Waals surface area contributed by atoms with E-state index in [0.717, 1.165) is 40.4 Å². The van der Waals surface area contributed by atoms with Crippen LogP contribution in [0.25, 0.3) is 10.2 Å². The van der Waals surface area contributed by atoms with Crippen LogP contribution in [0.3, 0.4) is 0 Å². The molecule has 4 aromatic rings. The molecule has 9 heteroatoms. The Hall–Kier alpha value is -3.04. The Balaban J connectivity index is 1.12. The van der Waals surface area contributed by atoms with E-state index in [1.54, 1.807) is 11.3 Å². The van der Waals surface area contributed by atoms with Gasteiger partial charge < -0.3 is 10.6 Å². The molecular weight excluding hydrogens is 432 g/mol. The second kappa shape index (κ2) is 7.23. The third-order valence-electron chi connectivity index (χ3n) is 7.61. The Labute approximate surface area is 195 Å². The monoisotopic (exact) mass is 458 g/mol. The average molecular weight is 459 g/mol. The molecule has 3 fully saturated rings. The van der Waals surface area contributed by atoms with Gasteiger partial charge in [0.2, 0.25) is 5.95 Å². The van der Waals surface area contributed by atoms with Gasteiger partial charge >= 0.3 is 0 Å². The molecule has 0 aliphatic carbocycles. The van der Waals surface area contributed by atoms with Crippen molar-refractivity contribution in [3.8, 4) is 0 Å². The summed E-state index contributed by atoms with van der Waals surface area (Å²) in [4.78, 5) is 18.2. The Morgan fingerprint density at radius 1 is 1.18 bits per heavy atom. The first kappa shape index (κ1) is 19.4. The minimum absolute atomic E-state index is 0.173. The number of nitrogens with one attached hydrogen (secondary N) is 3. The van der Waals surface area contributed by atoms with Crippen LogP contribution in [-0.2, 0) is 5.54 Å². The first-order valence-electron chi connectivity index (χ1n) is 11.7. The Morgan fingerprint density at radius 3 is 2.97 bits per heavy atom. The number of anilines is 3. The van der Waals surface area contributed by atoms with Crippen LogP contribution >= 0.6 is 11.3 Å². The van der Waals surface area contributed by atoms with Crippen LogP contribution in [0.1, 0.15) is 43.5 Å². The molecule has 0 spiro atoms. The fourth-order valence-corrected chi connectivity index (χ4v) is 7.12. The molecule has 0 aromatic carbocycles. The number of aromatic nitrogens is 5. The van der Waals surface area contributed by atoms with Crippen molar-refractivity contribution in [2.45, 2.75) is 62.7 Å². The van der Waals surface area contributed by atoms with Crippen molar-refractivity contribution in [2.24, 2.45) is 0 Å². The molecule has 0 saturated carbocycles. The molecule has 33 heavy (non-hydrogen) atoms. The van der Waals surface area contributed by atoms with Crippen LogP contribution in [0, 0.1) is 6.92 Å². The topological polar surface area (TPSA) is 94.7 Å². The summed E-state index contributed by atoms with van der Waals surface area (Å²) in [5.41, 5.74) is 2.44. The van der Waals surface area contributed by atoms with Gasteiger partial charge in [0.25, 0.3) is 0 Å². The molecule has 3 N–H and O–H groups in total. The van der Waals surface area contributed by atoms with Crippen LogP contribution < -0.4 is 10.6 Å². The number of thiophene rings is 1. The molecule has 4 aromatic heterocycles. The highest BCUT2D eigenvalue weighted by atomic mass is 32.1. The highest BCUT2D eigenvalue weighted by Gasteiger charge is 2.61. The van der Waals surface area contributed by atoms with Gasteiger partial charge in [0.1, 0.15) is 10.6 Å². The van der Waals surface area contributed by atoms with E-state index >= 15 is 0 Å². The van der Waals surface area contributed by atoms with Crippen molar-refractivity contribution < 1.29 is 0 Å². The van der Waals surface area contributed by atoms with Gasteiger partial charge in [-0.25, -0.2) is 4.98 Å². The third kappa shape index (κ3) is 3.06. The Bertz CT molecular complexity index is 1320. The van der Waals surface area contributed by atoms with Crippen molar-refractivity contribution in [3.05, 3.63) is 53.3 Å². The number of nitrogens with zero attached hydrogens (tertiary/aromatic N) is 5. The van der Waals surface area contributed by atoms with Gasteiger partial charge in [0.15, 0.2) is 5.82 Å². The van der Waals surface area contributed by atoms with Gasteiger partial charge in [-0.3, -0.25) is 15.0 Å². The SMILES string of the molecule is Cc1cc(Nc2nc(N[C@@H]3C[C@H]4CCC5(c6ccccn6)C[C@@H](C3)N45)nc3sccc23)n[nH]1. The first-order valence-corrected chi connectivity index (χ1v) is 12.6. The largest absolute Gasteiger partial charge is 0.351 e. The minimum atomic E-state index is 0.173. The zero-order valence-electron chi connectivity index (χ0n) is 18.5. The summed E-state index contributed by atoms with van der Waals surface area (Å²) >= 11 is 1.64. The van der Waals surface area contributed by atoms with Crippen LogP contribution in [0.2, 0.25) is 0 Å². The molecule has 7 heterocycles. The zero-order valence-corrected chi connectivity index (χ0v) is 19.3. The maximum Gasteiger partial charge on any atom is 0.226 e. The second-order valence-corrected chi connectivity index (χ2v) is 10.5. The van der Waals surface area contributed by atoms with Gasteiger partial charge in [-0.2, -0.15) is 10.1 Å². The fourth-order valence-electron chi connectivity index (χ4n) is 6.36. The van der Waals surface area contributed by atoms with E-state index in [2.05, 4.69) is 49.3 Å². The first-order chi connectivity index (χ1) is 16.2. The highest BCUT2D eigenvalue weighted by Crippen LogP contribution is 2.58. The molecule has 8 nitrogen and oxygen atoms in total. The summed E-state index contributed by atoms with van der Waals surface area (Å²) in [6, 6.07) is 12.0. The standard InChI is InChI=1S/C24H26N8S/c1-14-10-20(31-30-14)27-21-18-6-9-33-22(18)29-23(28-21)26-15-11-16-5-7-24(13-17(12-15)32(16)24)19-4-2-3-8-25-19/h2-4,6,8-10,15-17H,5,7,11-13H2,1H3,(H3,26,27,28,29,30,31)/t15-,16-,17-,24?/m1/s1. The number of aryl methyl sites for hydroxylation is 1. The molecule has 0 amide bonds. The van der Waals surface area contributed by atoms with E-state index in [1.807, 2.05) is 25.3 Å². The molecule has 3 saturated heterocycles. The summed E-state index contributed by atoms with van der Waals surface area (Å²) in [6.07, 6.45) is 7.84. The summed E-state index contributed by atoms with van der Waals surface area (Å²) < 4.78 is 0. The van der Waals surface area contributed by atoms with Crippen molar-refractivity contribution in [1.29, 1.82) is 0 Å². The molecule has 1 unspecified atom stereocenters. The van der Waals surface area contributed by atoms with Gasteiger partial charge in [-0.1, -0.05) is 6.07 Å². The summed E-state index contributed by atoms with van der Waals surface area (Å²) in [5.74, 6) is 2.27. The smallest absolute Gasteiger partial charge is 0.226 e. The lowest BCUT2D eigenvalue weighted by atomic mass is 9.72. The molecule has 4 atom stereocenters. The predicted octanol–water partition coefficient (Wildman–Crippen LogP) is 4.57. The quantitative estimate of drug-likeness (QED) is 0.403. The third-order valence-corrected chi connectivity index (χ3v) is 8.42. The molecule has 168 valence electrons. The number of rotatable bonds is 5. The second-order valence-electron chi connectivity index (χ2n) is 9.61. The number of hydrogen-bond donors (Lipinski definition) is 3. The van der Waals surface area contributed by atoms with E-state index in [4.69, 9.17) is 15.0 Å². The van der Waals surface area contributed by atoms with E-state index in [0.29, 0.717) is 24.1 Å². The zero-order chi connectivity index (χ0) is 22.0. The van der Waals surface area contributed by atoms with E-state index in [1.165, 1.54) is 25.0 Å². The molecule has 0 radical (unpaired) electrons. The van der Waals surface area contributed by atoms with E-state index < -0.39 is 0 Å². The van der Waals surface area contributed by atoms with Gasteiger partial charge in [0.05, 0.1) is 16.6 Å². The van der Waals surface area contributed by atoms with Crippen molar-refractivity contribution >= 4 is 39.1 Å². The number of hydrogen-bond acceptors (Lipinski definition) is 8. The Morgan fingerprint density at radius 2 is 2.12 bits per heavy atom. The van der Waals surface area contributed by atoms with Crippen LogP contribution in [-0.4, -0.2) is 48.2 Å². The molecule has 0 bridgehead atoms. The van der Waals surface area contributed by atoms with Crippen LogP contribution in [0.5, 0.6) is 0 Å². The molecule has 7 rings (SSSR count). The van der Waals surface area contributed by atoms with Crippen LogP contribution in [0.15, 0.2) is 41.9 Å². The maximum atomic E-state index is 4.85. The lowest BCUT2D eigenvalue weighted by Crippen LogP contribution is -2.66. The number of piperidine rings is 1. The number of pyridine rings is 1. The fraction of sp³-hybridized carbons (Fsp3) is 0.417.